The van der Waals surface area contributed by atoms with Crippen LogP contribution in [-0.4, -0.2) is 0 Å². The molecule has 1 aliphatic heterocycles. The molecule has 0 unspecified atom stereocenters. The third kappa shape index (κ3) is 2.89. The normalized spacial score (nSPS) is 12.9. The van der Waals surface area contributed by atoms with Gasteiger partial charge in [0.15, 0.2) is 5.75 Å². The van der Waals surface area contributed by atoms with Crippen molar-refractivity contribution in [3.8, 4) is 22.8 Å². The quantitative estimate of drug-likeness (QED) is 0.275. The fourth-order valence-electron chi connectivity index (χ4n) is 4.97. The lowest BCUT2D eigenvalue weighted by molar-refractivity contribution is -0.633. The van der Waals surface area contributed by atoms with E-state index in [1.165, 1.54) is 55.2 Å². The van der Waals surface area contributed by atoms with E-state index in [4.69, 9.17) is 4.74 Å². The number of hydrogen-bond acceptors (Lipinski definition) is 1. The summed E-state index contributed by atoms with van der Waals surface area (Å²) >= 11 is 0. The monoisotopic (exact) mass is 396 g/mol. The molecule has 0 saturated heterocycles. The van der Waals surface area contributed by atoms with Crippen LogP contribution in [0.4, 0.5) is 0 Å². The van der Waals surface area contributed by atoms with Gasteiger partial charge in [0.1, 0.15) is 12.8 Å². The summed E-state index contributed by atoms with van der Waals surface area (Å²) in [5.74, 6) is 1.94. The van der Waals surface area contributed by atoms with Crippen molar-refractivity contribution >= 4 is 21.7 Å². The first-order valence-corrected chi connectivity index (χ1v) is 10.8. The maximum absolute atomic E-state index is 6.61. The molecule has 0 amide bonds. The van der Waals surface area contributed by atoms with Gasteiger partial charge in [0.2, 0.25) is 5.52 Å². The van der Waals surface area contributed by atoms with E-state index >= 15 is 0 Å². The highest BCUT2D eigenvalue weighted by molar-refractivity contribution is 6.05. The standard InChI is InChI=1S/C28H30NO/c1-16-8-9-22-20(10-16)14-24-27(29(22)7)25-18(3)17(2)11-21-12-19(15-28(4,5)6)13-23(30-24)26(21)25/h8-14H,15H2,1-7H3/q+1. The van der Waals surface area contributed by atoms with Gasteiger partial charge >= 0.3 is 0 Å². The molecule has 30 heavy (non-hydrogen) atoms. The van der Waals surface area contributed by atoms with Crippen LogP contribution >= 0.6 is 0 Å². The number of nitrogens with zero attached hydrogens (tertiary/aromatic N) is 1. The molecule has 2 heteroatoms. The first-order valence-electron chi connectivity index (χ1n) is 10.8. The van der Waals surface area contributed by atoms with Gasteiger partial charge in [-0.2, -0.15) is 4.57 Å². The van der Waals surface area contributed by atoms with Crippen molar-refractivity contribution in [1.29, 1.82) is 0 Å². The van der Waals surface area contributed by atoms with Gasteiger partial charge in [-0.3, -0.25) is 0 Å². The molecule has 0 atom stereocenters. The van der Waals surface area contributed by atoms with Crippen molar-refractivity contribution in [3.05, 3.63) is 64.7 Å². The number of fused-ring (bicyclic) bond motifs is 3. The zero-order valence-electron chi connectivity index (χ0n) is 19.1. The van der Waals surface area contributed by atoms with Crippen LogP contribution in [0.15, 0.2) is 42.5 Å². The van der Waals surface area contributed by atoms with E-state index in [1.807, 2.05) is 0 Å². The number of pyridine rings is 1. The Morgan fingerprint density at radius 2 is 1.63 bits per heavy atom. The molecule has 2 heterocycles. The Morgan fingerprint density at radius 3 is 2.37 bits per heavy atom. The Morgan fingerprint density at radius 1 is 0.867 bits per heavy atom. The number of benzene rings is 3. The van der Waals surface area contributed by atoms with Crippen molar-refractivity contribution in [2.45, 2.75) is 48.0 Å². The van der Waals surface area contributed by atoms with Gasteiger partial charge in [-0.05, 0) is 66.8 Å². The smallest absolute Gasteiger partial charge is 0.256 e. The second-order valence-electron chi connectivity index (χ2n) is 10.2. The first-order chi connectivity index (χ1) is 14.1. The van der Waals surface area contributed by atoms with E-state index < -0.39 is 0 Å². The van der Waals surface area contributed by atoms with E-state index in [9.17, 15) is 0 Å². The molecule has 152 valence electrons. The Hall–Kier alpha value is -2.87. The summed E-state index contributed by atoms with van der Waals surface area (Å²) in [7, 11) is 2.16. The molecule has 0 radical (unpaired) electrons. The summed E-state index contributed by atoms with van der Waals surface area (Å²) in [5, 5.41) is 3.73. The Bertz CT molecular complexity index is 1360. The first kappa shape index (κ1) is 19.1. The average molecular weight is 397 g/mol. The highest BCUT2D eigenvalue weighted by Crippen LogP contribution is 2.48. The highest BCUT2D eigenvalue weighted by atomic mass is 16.5. The average Bonchev–Trinajstić information content (AvgIpc) is 2.63. The molecule has 5 rings (SSSR count). The summed E-state index contributed by atoms with van der Waals surface area (Å²) in [4.78, 5) is 0. The summed E-state index contributed by atoms with van der Waals surface area (Å²) in [6, 6.07) is 15.8. The zero-order valence-corrected chi connectivity index (χ0v) is 19.1. The minimum Gasteiger partial charge on any atom is -0.450 e. The molecule has 2 nitrogen and oxygen atoms in total. The maximum Gasteiger partial charge on any atom is 0.256 e. The van der Waals surface area contributed by atoms with Crippen LogP contribution in [0.2, 0.25) is 0 Å². The molecule has 3 aromatic carbocycles. The minimum absolute atomic E-state index is 0.232. The fraction of sp³-hybridized carbons (Fsp3) is 0.321. The Kier molecular flexibility index (Phi) is 4.02. The van der Waals surface area contributed by atoms with Gasteiger partial charge in [-0.25, -0.2) is 0 Å². The second kappa shape index (κ2) is 6.31. The molecular weight excluding hydrogens is 366 g/mol. The minimum atomic E-state index is 0.232. The molecule has 0 bridgehead atoms. The third-order valence-corrected chi connectivity index (χ3v) is 6.37. The van der Waals surface area contributed by atoms with Crippen molar-refractivity contribution in [3.63, 3.8) is 0 Å². The van der Waals surface area contributed by atoms with Gasteiger partial charge in [-0.1, -0.05) is 44.5 Å². The molecule has 4 aromatic rings. The van der Waals surface area contributed by atoms with Crippen molar-refractivity contribution in [1.82, 2.24) is 0 Å². The summed E-state index contributed by atoms with van der Waals surface area (Å²) in [6.45, 7) is 13.5. The Labute approximate surface area is 179 Å². The summed E-state index contributed by atoms with van der Waals surface area (Å²) in [6.07, 6.45) is 1.03. The SMILES string of the molecule is Cc1ccc2c(c1)cc1c([n+]2C)-c2c(C)c(C)cc3cc(CC(C)(C)C)cc(c23)O1. The largest absolute Gasteiger partial charge is 0.450 e. The van der Waals surface area contributed by atoms with Gasteiger partial charge in [0.25, 0.3) is 5.69 Å². The second-order valence-corrected chi connectivity index (χ2v) is 10.2. The molecule has 0 aliphatic carbocycles. The lowest BCUT2D eigenvalue weighted by Crippen LogP contribution is -2.33. The van der Waals surface area contributed by atoms with Crippen LogP contribution in [0.25, 0.3) is 32.9 Å². The maximum atomic E-state index is 6.61. The van der Waals surface area contributed by atoms with E-state index in [1.54, 1.807) is 0 Å². The Balaban J connectivity index is 1.88. The van der Waals surface area contributed by atoms with Crippen LogP contribution < -0.4 is 9.30 Å². The summed E-state index contributed by atoms with van der Waals surface area (Å²) < 4.78 is 8.91. The topological polar surface area (TPSA) is 13.1 Å². The number of ether oxygens (including phenoxy) is 1. The number of hydrogen-bond donors (Lipinski definition) is 0. The predicted molar refractivity (Wildman–Crippen MR) is 126 cm³/mol. The highest BCUT2D eigenvalue weighted by Gasteiger charge is 2.32. The number of aromatic nitrogens is 1. The third-order valence-electron chi connectivity index (χ3n) is 6.37. The number of rotatable bonds is 1. The van der Waals surface area contributed by atoms with Gasteiger partial charge in [0, 0.05) is 17.5 Å². The van der Waals surface area contributed by atoms with Crippen LogP contribution in [-0.2, 0) is 13.5 Å². The molecular formula is C28H30NO+. The van der Waals surface area contributed by atoms with Gasteiger partial charge < -0.3 is 4.74 Å². The van der Waals surface area contributed by atoms with Crippen LogP contribution in [0, 0.1) is 26.2 Å². The van der Waals surface area contributed by atoms with Gasteiger partial charge in [0.05, 0.1) is 10.9 Å². The molecule has 1 aromatic heterocycles. The van der Waals surface area contributed by atoms with Crippen LogP contribution in [0.3, 0.4) is 0 Å². The van der Waals surface area contributed by atoms with E-state index in [2.05, 4.69) is 95.6 Å². The van der Waals surface area contributed by atoms with Crippen molar-refractivity contribution < 1.29 is 9.30 Å². The number of aryl methyl sites for hydroxylation is 3. The van der Waals surface area contributed by atoms with E-state index in [0.29, 0.717) is 0 Å². The van der Waals surface area contributed by atoms with E-state index in [0.717, 1.165) is 17.9 Å². The molecule has 0 N–H and O–H groups in total. The lowest BCUT2D eigenvalue weighted by atomic mass is 9.85. The predicted octanol–water partition coefficient (Wildman–Crippen LogP) is 7.10. The lowest BCUT2D eigenvalue weighted by Gasteiger charge is -2.25. The van der Waals surface area contributed by atoms with E-state index in [-0.39, 0.29) is 5.41 Å². The van der Waals surface area contributed by atoms with Crippen LogP contribution in [0.5, 0.6) is 11.5 Å². The molecule has 1 aliphatic rings. The fourth-order valence-corrected chi connectivity index (χ4v) is 4.97. The zero-order chi connectivity index (χ0) is 21.4. The molecule has 0 saturated carbocycles. The van der Waals surface area contributed by atoms with Gasteiger partial charge in [-0.15, -0.1) is 0 Å². The summed E-state index contributed by atoms with van der Waals surface area (Å²) in [5.41, 5.74) is 9.21. The van der Waals surface area contributed by atoms with Crippen molar-refractivity contribution in [2.24, 2.45) is 12.5 Å². The molecule has 0 fully saturated rings. The molecule has 0 spiro atoms. The van der Waals surface area contributed by atoms with Crippen LogP contribution in [0.1, 0.15) is 43.0 Å². The van der Waals surface area contributed by atoms with Crippen molar-refractivity contribution in [2.75, 3.05) is 0 Å².